The molecule has 1 aliphatic rings. The number of fused-ring (bicyclic) bond motifs is 1. The molecule has 0 radical (unpaired) electrons. The van der Waals surface area contributed by atoms with Gasteiger partial charge >= 0.3 is 0 Å². The van der Waals surface area contributed by atoms with Gasteiger partial charge in [-0.1, -0.05) is 29.3 Å². The molecule has 1 heterocycles. The summed E-state index contributed by atoms with van der Waals surface area (Å²) in [5.74, 6) is 0.809. The normalized spacial score (nSPS) is 13.4. The van der Waals surface area contributed by atoms with Crippen LogP contribution in [0.3, 0.4) is 0 Å². The van der Waals surface area contributed by atoms with Crippen LogP contribution >= 0.6 is 23.2 Å². The first-order chi connectivity index (χ1) is 15.2. The van der Waals surface area contributed by atoms with Gasteiger partial charge in [-0.2, -0.15) is 0 Å². The van der Waals surface area contributed by atoms with Crippen molar-refractivity contribution in [1.29, 1.82) is 0 Å². The Kier molecular flexibility index (Phi) is 6.13. The Labute approximate surface area is 195 Å². The Morgan fingerprint density at radius 2 is 1.34 bits per heavy atom. The number of hydrogen-bond acceptors (Lipinski definition) is 6. The van der Waals surface area contributed by atoms with Crippen molar-refractivity contribution in [3.05, 3.63) is 70.7 Å². The maximum Gasteiger partial charge on any atom is 0.262 e. The summed E-state index contributed by atoms with van der Waals surface area (Å²) in [7, 11) is -7.91. The second-order valence-corrected chi connectivity index (χ2v) is 10.8. The van der Waals surface area contributed by atoms with Crippen LogP contribution in [0.1, 0.15) is 0 Å². The summed E-state index contributed by atoms with van der Waals surface area (Å²) in [5, 5.41) is 0.275. The number of rotatable bonds is 6. The molecule has 0 aromatic heterocycles. The van der Waals surface area contributed by atoms with Crippen molar-refractivity contribution in [2.24, 2.45) is 0 Å². The van der Waals surface area contributed by atoms with E-state index < -0.39 is 20.0 Å². The van der Waals surface area contributed by atoms with Crippen LogP contribution in [0.15, 0.2) is 70.5 Å². The first kappa shape index (κ1) is 22.5. The van der Waals surface area contributed by atoms with E-state index in [1.165, 1.54) is 54.6 Å². The molecule has 3 aromatic carbocycles. The largest absolute Gasteiger partial charge is 0.486 e. The maximum atomic E-state index is 12.7. The van der Waals surface area contributed by atoms with Crippen LogP contribution < -0.4 is 18.9 Å². The van der Waals surface area contributed by atoms with E-state index in [1.807, 2.05) is 0 Å². The second kappa shape index (κ2) is 8.70. The number of benzene rings is 3. The van der Waals surface area contributed by atoms with Gasteiger partial charge in [0.2, 0.25) is 0 Å². The molecule has 0 bridgehead atoms. The molecule has 0 saturated heterocycles. The molecule has 0 saturated carbocycles. The van der Waals surface area contributed by atoms with Gasteiger partial charge < -0.3 is 9.47 Å². The van der Waals surface area contributed by atoms with Crippen LogP contribution in [0.4, 0.5) is 11.4 Å². The summed E-state index contributed by atoms with van der Waals surface area (Å²) in [6.45, 7) is 0.722. The van der Waals surface area contributed by atoms with Crippen LogP contribution in [0.5, 0.6) is 11.5 Å². The number of halogens is 2. The number of ether oxygens (including phenoxy) is 2. The molecule has 0 fully saturated rings. The first-order valence-corrected chi connectivity index (χ1v) is 12.9. The minimum Gasteiger partial charge on any atom is -0.486 e. The highest BCUT2D eigenvalue weighted by Crippen LogP contribution is 2.33. The molecule has 0 unspecified atom stereocenters. The quantitative estimate of drug-likeness (QED) is 0.505. The predicted octanol–water partition coefficient (Wildman–Crippen LogP) is 4.37. The summed E-state index contributed by atoms with van der Waals surface area (Å²) >= 11 is 11.9. The van der Waals surface area contributed by atoms with E-state index >= 15 is 0 Å². The molecule has 32 heavy (non-hydrogen) atoms. The standard InChI is InChI=1S/C20H16Cl2N2O6S2/c21-16-2-1-3-17(20(16)22)24-31(25,26)14-6-4-13(5-7-14)23-32(27,28)15-8-9-18-19(12-15)30-11-10-29-18/h1-9,12,23-24H,10-11H2. The van der Waals surface area contributed by atoms with E-state index in [9.17, 15) is 16.8 Å². The lowest BCUT2D eigenvalue weighted by molar-refractivity contribution is 0.171. The zero-order chi connectivity index (χ0) is 22.9. The van der Waals surface area contributed by atoms with Crippen LogP contribution in [0, 0.1) is 0 Å². The highest BCUT2D eigenvalue weighted by atomic mass is 35.5. The van der Waals surface area contributed by atoms with Crippen molar-refractivity contribution < 1.29 is 26.3 Å². The molecule has 1 aliphatic heterocycles. The van der Waals surface area contributed by atoms with Crippen LogP contribution in [-0.4, -0.2) is 30.0 Å². The molecular weight excluding hydrogens is 499 g/mol. The summed E-state index contributed by atoms with van der Waals surface area (Å²) < 4.78 is 66.3. The molecule has 0 aliphatic carbocycles. The van der Waals surface area contributed by atoms with Crippen LogP contribution in [0.2, 0.25) is 10.0 Å². The van der Waals surface area contributed by atoms with Gasteiger partial charge in [0.25, 0.3) is 20.0 Å². The lowest BCUT2D eigenvalue weighted by atomic mass is 10.3. The SMILES string of the molecule is O=S(=O)(Nc1ccc(S(=O)(=O)Nc2cccc(Cl)c2Cl)cc1)c1ccc2c(c1)OCCO2. The summed E-state index contributed by atoms with van der Waals surface area (Å²) in [5.41, 5.74) is 0.308. The number of hydrogen-bond donors (Lipinski definition) is 2. The van der Waals surface area contributed by atoms with Crippen LogP contribution in [-0.2, 0) is 20.0 Å². The van der Waals surface area contributed by atoms with E-state index in [0.717, 1.165) is 0 Å². The van der Waals surface area contributed by atoms with Gasteiger partial charge in [0.15, 0.2) is 11.5 Å². The van der Waals surface area contributed by atoms with Gasteiger partial charge in [-0.3, -0.25) is 9.44 Å². The fourth-order valence-electron chi connectivity index (χ4n) is 2.89. The van der Waals surface area contributed by atoms with Gasteiger partial charge in [-0.25, -0.2) is 16.8 Å². The zero-order valence-electron chi connectivity index (χ0n) is 16.2. The Morgan fingerprint density at radius 1 is 0.719 bits per heavy atom. The van der Waals surface area contributed by atoms with Crippen molar-refractivity contribution in [2.45, 2.75) is 9.79 Å². The monoisotopic (exact) mass is 514 g/mol. The second-order valence-electron chi connectivity index (χ2n) is 6.64. The molecule has 8 nitrogen and oxygen atoms in total. The summed E-state index contributed by atoms with van der Waals surface area (Å²) in [6, 6.07) is 14.1. The fourth-order valence-corrected chi connectivity index (χ4v) is 5.44. The predicted molar refractivity (Wildman–Crippen MR) is 122 cm³/mol. The third-order valence-electron chi connectivity index (χ3n) is 4.44. The number of sulfonamides is 2. The zero-order valence-corrected chi connectivity index (χ0v) is 19.4. The van der Waals surface area contributed by atoms with Gasteiger partial charge in [-0.05, 0) is 48.5 Å². The van der Waals surface area contributed by atoms with E-state index in [1.54, 1.807) is 6.07 Å². The van der Waals surface area contributed by atoms with Crippen molar-refractivity contribution in [2.75, 3.05) is 22.7 Å². The van der Waals surface area contributed by atoms with Gasteiger partial charge in [-0.15, -0.1) is 0 Å². The molecule has 12 heteroatoms. The maximum absolute atomic E-state index is 12.7. The number of nitrogens with one attached hydrogen (secondary N) is 2. The van der Waals surface area contributed by atoms with E-state index in [2.05, 4.69) is 9.44 Å². The molecule has 0 atom stereocenters. The third kappa shape index (κ3) is 4.73. The molecule has 0 amide bonds. The van der Waals surface area contributed by atoms with Gasteiger partial charge in [0.05, 0.1) is 25.5 Å². The lowest BCUT2D eigenvalue weighted by Gasteiger charge is -2.19. The Hall–Kier alpha value is -2.66. The average Bonchev–Trinajstić information content (AvgIpc) is 2.76. The lowest BCUT2D eigenvalue weighted by Crippen LogP contribution is -2.17. The van der Waals surface area contributed by atoms with Crippen LogP contribution in [0.25, 0.3) is 0 Å². The Bertz CT molecular complexity index is 1380. The molecule has 3 aromatic rings. The topological polar surface area (TPSA) is 111 Å². The number of anilines is 2. The average molecular weight is 515 g/mol. The van der Waals surface area contributed by atoms with E-state index in [0.29, 0.717) is 24.7 Å². The highest BCUT2D eigenvalue weighted by Gasteiger charge is 2.21. The Balaban J connectivity index is 1.52. The van der Waals surface area contributed by atoms with Crippen molar-refractivity contribution in [1.82, 2.24) is 0 Å². The van der Waals surface area contributed by atoms with E-state index in [-0.39, 0.29) is 31.2 Å². The van der Waals surface area contributed by atoms with Crippen molar-refractivity contribution in [3.8, 4) is 11.5 Å². The van der Waals surface area contributed by atoms with Gasteiger partial charge in [0.1, 0.15) is 13.2 Å². The molecule has 2 N–H and O–H groups in total. The fraction of sp³-hybridized carbons (Fsp3) is 0.100. The minimum atomic E-state index is -3.98. The van der Waals surface area contributed by atoms with E-state index in [4.69, 9.17) is 32.7 Å². The molecule has 4 rings (SSSR count). The minimum absolute atomic E-state index is 0.0179. The summed E-state index contributed by atoms with van der Waals surface area (Å²) in [4.78, 5) is -0.105. The van der Waals surface area contributed by atoms with Gasteiger partial charge in [0, 0.05) is 11.8 Å². The first-order valence-electron chi connectivity index (χ1n) is 9.15. The van der Waals surface area contributed by atoms with Crippen molar-refractivity contribution in [3.63, 3.8) is 0 Å². The smallest absolute Gasteiger partial charge is 0.262 e. The highest BCUT2D eigenvalue weighted by molar-refractivity contribution is 7.93. The summed E-state index contributed by atoms with van der Waals surface area (Å²) in [6.07, 6.45) is 0. The molecule has 0 spiro atoms. The Morgan fingerprint density at radius 3 is 2.06 bits per heavy atom. The van der Waals surface area contributed by atoms with Crippen molar-refractivity contribution >= 4 is 54.6 Å². The molecule has 168 valence electrons. The molecular formula is C20H16Cl2N2O6S2. The third-order valence-corrected chi connectivity index (χ3v) is 8.02.